The van der Waals surface area contributed by atoms with E-state index in [1.807, 2.05) is 6.07 Å². The highest BCUT2D eigenvalue weighted by Gasteiger charge is 2.37. The number of benzene rings is 3. The lowest BCUT2D eigenvalue weighted by molar-refractivity contribution is -0.122. The monoisotopic (exact) mass is 567 g/mol. The minimum atomic E-state index is -0.896. The van der Waals surface area contributed by atoms with Crippen LogP contribution in [0.5, 0.6) is 11.5 Å². The first kappa shape index (κ1) is 27.7. The number of halogens is 2. The summed E-state index contributed by atoms with van der Waals surface area (Å²) in [6.07, 6.45) is 1.28. The summed E-state index contributed by atoms with van der Waals surface area (Å²) in [4.78, 5) is 51.5. The topological polar surface area (TPSA) is 114 Å². The van der Waals surface area contributed by atoms with Gasteiger partial charge in [-0.2, -0.15) is 0 Å². The van der Waals surface area contributed by atoms with E-state index in [9.17, 15) is 19.2 Å². The molecule has 0 saturated carbocycles. The summed E-state index contributed by atoms with van der Waals surface area (Å²) in [5.41, 5.74) is 1.60. The zero-order chi connectivity index (χ0) is 28.1. The van der Waals surface area contributed by atoms with E-state index in [-0.39, 0.29) is 41.0 Å². The fourth-order valence-electron chi connectivity index (χ4n) is 3.71. The van der Waals surface area contributed by atoms with Gasteiger partial charge in [-0.15, -0.1) is 0 Å². The van der Waals surface area contributed by atoms with Crippen molar-refractivity contribution in [1.29, 1.82) is 0 Å². The number of rotatable bonds is 8. The van der Waals surface area contributed by atoms with Crippen molar-refractivity contribution in [2.24, 2.45) is 0 Å². The van der Waals surface area contributed by atoms with Crippen LogP contribution in [0, 0.1) is 6.92 Å². The smallest absolute Gasteiger partial charge is 0.335 e. The number of anilines is 2. The SMILES string of the molecule is CCOc1cc(/C=C2\C(=O)NC(=O)N(c3ccc(C)c(Cl)c3)C2=O)cc(Cl)c1OCC(=O)Nc1ccccc1. The maximum atomic E-state index is 13.2. The number of barbiturate groups is 1. The molecule has 0 atom stereocenters. The number of hydrogen-bond donors (Lipinski definition) is 2. The maximum Gasteiger partial charge on any atom is 0.335 e. The Labute approximate surface area is 234 Å². The third-order valence-corrected chi connectivity index (χ3v) is 6.25. The molecule has 4 rings (SSSR count). The van der Waals surface area contributed by atoms with Crippen molar-refractivity contribution >= 4 is 64.4 Å². The van der Waals surface area contributed by atoms with E-state index < -0.39 is 23.8 Å². The van der Waals surface area contributed by atoms with Crippen molar-refractivity contribution in [1.82, 2.24) is 5.32 Å². The number of nitrogens with zero attached hydrogens (tertiary/aromatic N) is 1. The van der Waals surface area contributed by atoms with E-state index in [1.165, 1.54) is 24.3 Å². The molecule has 0 radical (unpaired) electrons. The molecule has 0 bridgehead atoms. The minimum Gasteiger partial charge on any atom is -0.490 e. The molecule has 1 aliphatic rings. The van der Waals surface area contributed by atoms with Gasteiger partial charge in [0.05, 0.1) is 17.3 Å². The van der Waals surface area contributed by atoms with E-state index in [2.05, 4.69) is 10.6 Å². The predicted molar refractivity (Wildman–Crippen MR) is 148 cm³/mol. The summed E-state index contributed by atoms with van der Waals surface area (Å²) in [5.74, 6) is -1.79. The molecule has 1 saturated heterocycles. The number of urea groups is 1. The molecule has 200 valence electrons. The lowest BCUT2D eigenvalue weighted by atomic mass is 10.1. The quantitative estimate of drug-likeness (QED) is 0.279. The molecular weight excluding hydrogens is 545 g/mol. The average Bonchev–Trinajstić information content (AvgIpc) is 2.89. The second-order valence-electron chi connectivity index (χ2n) is 8.36. The molecule has 1 aliphatic heterocycles. The lowest BCUT2D eigenvalue weighted by Gasteiger charge is -2.26. The van der Waals surface area contributed by atoms with Gasteiger partial charge in [0.1, 0.15) is 5.57 Å². The Morgan fingerprint density at radius 1 is 1.00 bits per heavy atom. The number of amides is 5. The molecule has 3 aromatic rings. The van der Waals surface area contributed by atoms with Crippen molar-refractivity contribution in [3.05, 3.63) is 87.4 Å². The van der Waals surface area contributed by atoms with Gasteiger partial charge < -0.3 is 14.8 Å². The highest BCUT2D eigenvalue weighted by atomic mass is 35.5. The number of carbonyl (C=O) groups excluding carboxylic acids is 4. The Hall–Kier alpha value is -4.34. The predicted octanol–water partition coefficient (Wildman–Crippen LogP) is 5.38. The van der Waals surface area contributed by atoms with Crippen LogP contribution in [-0.4, -0.2) is 37.0 Å². The van der Waals surface area contributed by atoms with Gasteiger partial charge >= 0.3 is 6.03 Å². The van der Waals surface area contributed by atoms with Crippen molar-refractivity contribution in [2.75, 3.05) is 23.4 Å². The Morgan fingerprint density at radius 3 is 2.44 bits per heavy atom. The van der Waals surface area contributed by atoms with Crippen LogP contribution >= 0.6 is 23.2 Å². The zero-order valence-corrected chi connectivity index (χ0v) is 22.4. The van der Waals surface area contributed by atoms with Crippen LogP contribution in [-0.2, 0) is 14.4 Å². The Morgan fingerprint density at radius 2 is 1.74 bits per heavy atom. The molecule has 1 fully saturated rings. The van der Waals surface area contributed by atoms with Crippen LogP contribution in [0.4, 0.5) is 16.2 Å². The van der Waals surface area contributed by atoms with Gasteiger partial charge in [-0.05, 0) is 67.4 Å². The van der Waals surface area contributed by atoms with Gasteiger partial charge in [-0.3, -0.25) is 19.7 Å². The molecule has 0 aromatic heterocycles. The Bertz CT molecular complexity index is 1490. The first-order chi connectivity index (χ1) is 18.7. The summed E-state index contributed by atoms with van der Waals surface area (Å²) in [7, 11) is 0. The van der Waals surface area contributed by atoms with Crippen molar-refractivity contribution in [3.8, 4) is 11.5 Å². The zero-order valence-electron chi connectivity index (χ0n) is 20.9. The summed E-state index contributed by atoms with van der Waals surface area (Å²) < 4.78 is 11.3. The third kappa shape index (κ3) is 6.39. The normalized spacial score (nSPS) is 14.3. The number of aryl methyl sites for hydroxylation is 1. The second kappa shape index (κ2) is 12.0. The van der Waals surface area contributed by atoms with Crippen LogP contribution in [0.1, 0.15) is 18.1 Å². The Balaban J connectivity index is 1.60. The molecule has 3 aromatic carbocycles. The molecule has 1 heterocycles. The van der Waals surface area contributed by atoms with Gasteiger partial charge in [-0.1, -0.05) is 47.5 Å². The Kier molecular flexibility index (Phi) is 8.53. The first-order valence-electron chi connectivity index (χ1n) is 11.8. The van der Waals surface area contributed by atoms with Crippen molar-refractivity contribution in [3.63, 3.8) is 0 Å². The molecule has 11 heteroatoms. The molecule has 0 spiro atoms. The highest BCUT2D eigenvalue weighted by molar-refractivity contribution is 6.39. The van der Waals surface area contributed by atoms with Crippen LogP contribution < -0.4 is 25.0 Å². The van der Waals surface area contributed by atoms with Gasteiger partial charge in [-0.25, -0.2) is 9.69 Å². The van der Waals surface area contributed by atoms with Crippen molar-refractivity contribution in [2.45, 2.75) is 13.8 Å². The van der Waals surface area contributed by atoms with E-state index in [1.54, 1.807) is 50.2 Å². The first-order valence-corrected chi connectivity index (χ1v) is 12.5. The van der Waals surface area contributed by atoms with E-state index in [4.69, 9.17) is 32.7 Å². The molecule has 2 N–H and O–H groups in total. The fraction of sp³-hybridized carbons (Fsp3) is 0.143. The fourth-order valence-corrected chi connectivity index (χ4v) is 4.16. The molecule has 39 heavy (non-hydrogen) atoms. The molecule has 0 aliphatic carbocycles. The maximum absolute atomic E-state index is 13.2. The number of nitrogens with one attached hydrogen (secondary N) is 2. The second-order valence-corrected chi connectivity index (χ2v) is 9.17. The number of hydrogen-bond acceptors (Lipinski definition) is 6. The van der Waals surface area contributed by atoms with Gasteiger partial charge in [0, 0.05) is 10.7 Å². The average molecular weight is 568 g/mol. The van der Waals surface area contributed by atoms with Crippen LogP contribution in [0.3, 0.4) is 0 Å². The summed E-state index contributed by atoms with van der Waals surface area (Å²) in [5, 5.41) is 5.31. The van der Waals surface area contributed by atoms with E-state index in [0.29, 0.717) is 16.3 Å². The van der Waals surface area contributed by atoms with Crippen LogP contribution in [0.15, 0.2) is 66.2 Å². The standard InChI is InChI=1S/C28H23Cl2N3O6/c1-3-38-23-13-17(12-22(30)25(23)39-15-24(34)31-18-7-5-4-6-8-18)11-20-26(35)32-28(37)33(27(20)36)19-10-9-16(2)21(29)14-19/h4-14H,3,15H2,1-2H3,(H,31,34)(H,32,35,37)/b20-11+. The highest BCUT2D eigenvalue weighted by Crippen LogP contribution is 2.38. The number of ether oxygens (including phenoxy) is 2. The molecule has 5 amide bonds. The van der Waals surface area contributed by atoms with Gasteiger partial charge in [0.2, 0.25) is 0 Å². The summed E-state index contributed by atoms with van der Waals surface area (Å²) in [6, 6.07) is 15.6. The number of imide groups is 2. The minimum absolute atomic E-state index is 0.0854. The molecular formula is C28H23Cl2N3O6. The van der Waals surface area contributed by atoms with E-state index >= 15 is 0 Å². The summed E-state index contributed by atoms with van der Waals surface area (Å²) in [6.45, 7) is 3.44. The third-order valence-electron chi connectivity index (χ3n) is 5.56. The number of carbonyl (C=O) groups is 4. The number of para-hydroxylation sites is 1. The summed E-state index contributed by atoms with van der Waals surface area (Å²) >= 11 is 12.6. The lowest BCUT2D eigenvalue weighted by Crippen LogP contribution is -2.54. The van der Waals surface area contributed by atoms with Gasteiger partial charge in [0.25, 0.3) is 17.7 Å². The van der Waals surface area contributed by atoms with Crippen molar-refractivity contribution < 1.29 is 28.7 Å². The van der Waals surface area contributed by atoms with E-state index in [0.717, 1.165) is 10.5 Å². The molecule has 0 unspecified atom stereocenters. The largest absolute Gasteiger partial charge is 0.490 e. The van der Waals surface area contributed by atoms with Gasteiger partial charge in [0.15, 0.2) is 18.1 Å². The molecule has 9 nitrogen and oxygen atoms in total. The van der Waals surface area contributed by atoms with Crippen LogP contribution in [0.2, 0.25) is 10.0 Å². The van der Waals surface area contributed by atoms with Crippen LogP contribution in [0.25, 0.3) is 6.08 Å².